The van der Waals surface area contributed by atoms with Gasteiger partial charge in [0.15, 0.2) is 0 Å². The number of esters is 1. The SMILES string of the molecule is CCC(=O)Oc1cccc(NC(=O)c2ccc(Br)cc2)c1. The Hall–Kier alpha value is -2.14. The summed E-state index contributed by atoms with van der Waals surface area (Å²) in [4.78, 5) is 23.3. The molecule has 0 aromatic heterocycles. The molecular weight excluding hydrogens is 334 g/mol. The van der Waals surface area contributed by atoms with Gasteiger partial charge in [0.25, 0.3) is 5.91 Å². The second-order valence-electron chi connectivity index (χ2n) is 4.32. The smallest absolute Gasteiger partial charge is 0.310 e. The molecule has 0 saturated heterocycles. The van der Waals surface area contributed by atoms with E-state index in [1.54, 1.807) is 55.5 Å². The van der Waals surface area contributed by atoms with Gasteiger partial charge >= 0.3 is 5.97 Å². The highest BCUT2D eigenvalue weighted by molar-refractivity contribution is 9.10. The lowest BCUT2D eigenvalue weighted by Gasteiger charge is -2.08. The fraction of sp³-hybridized carbons (Fsp3) is 0.125. The van der Waals surface area contributed by atoms with Crippen LogP contribution in [0.25, 0.3) is 0 Å². The van der Waals surface area contributed by atoms with E-state index < -0.39 is 0 Å². The summed E-state index contributed by atoms with van der Waals surface area (Å²) in [6, 6.07) is 13.8. The van der Waals surface area contributed by atoms with Crippen LogP contribution in [0, 0.1) is 0 Å². The molecule has 2 aromatic carbocycles. The minimum absolute atomic E-state index is 0.221. The molecule has 0 heterocycles. The number of hydrogen-bond donors (Lipinski definition) is 1. The zero-order chi connectivity index (χ0) is 15.2. The predicted octanol–water partition coefficient (Wildman–Crippen LogP) is 4.02. The van der Waals surface area contributed by atoms with Crippen LogP contribution in [-0.4, -0.2) is 11.9 Å². The molecule has 2 rings (SSSR count). The number of amides is 1. The molecule has 0 unspecified atom stereocenters. The number of halogens is 1. The predicted molar refractivity (Wildman–Crippen MR) is 84.5 cm³/mol. The third-order valence-corrected chi connectivity index (χ3v) is 3.25. The molecule has 0 aliphatic carbocycles. The van der Waals surface area contributed by atoms with Crippen molar-refractivity contribution in [1.29, 1.82) is 0 Å². The van der Waals surface area contributed by atoms with Gasteiger partial charge in [-0.05, 0) is 36.4 Å². The Morgan fingerprint density at radius 3 is 2.52 bits per heavy atom. The number of anilines is 1. The number of carbonyl (C=O) groups is 2. The first-order valence-corrected chi connectivity index (χ1v) is 7.25. The fourth-order valence-corrected chi connectivity index (χ4v) is 1.91. The summed E-state index contributed by atoms with van der Waals surface area (Å²) in [5.74, 6) is -0.122. The van der Waals surface area contributed by atoms with Gasteiger partial charge in [0, 0.05) is 28.2 Å². The van der Waals surface area contributed by atoms with E-state index in [-0.39, 0.29) is 11.9 Å². The minimum Gasteiger partial charge on any atom is -0.426 e. The Labute approximate surface area is 131 Å². The van der Waals surface area contributed by atoms with Crippen molar-refractivity contribution >= 4 is 33.5 Å². The van der Waals surface area contributed by atoms with Crippen molar-refractivity contribution in [2.75, 3.05) is 5.32 Å². The number of hydrogen-bond acceptors (Lipinski definition) is 3. The summed E-state index contributed by atoms with van der Waals surface area (Å²) in [5.41, 5.74) is 1.12. The lowest BCUT2D eigenvalue weighted by molar-refractivity contribution is -0.134. The van der Waals surface area contributed by atoms with E-state index in [0.717, 1.165) is 4.47 Å². The van der Waals surface area contributed by atoms with Gasteiger partial charge in [0.1, 0.15) is 5.75 Å². The van der Waals surface area contributed by atoms with Crippen molar-refractivity contribution < 1.29 is 14.3 Å². The van der Waals surface area contributed by atoms with Gasteiger partial charge in [-0.15, -0.1) is 0 Å². The van der Waals surface area contributed by atoms with Crippen molar-refractivity contribution in [3.8, 4) is 5.75 Å². The molecule has 108 valence electrons. The molecule has 1 N–H and O–H groups in total. The van der Waals surface area contributed by atoms with E-state index in [0.29, 0.717) is 23.4 Å². The number of benzene rings is 2. The maximum atomic E-state index is 12.1. The van der Waals surface area contributed by atoms with Crippen LogP contribution in [0.5, 0.6) is 5.75 Å². The van der Waals surface area contributed by atoms with Crippen molar-refractivity contribution in [1.82, 2.24) is 0 Å². The average Bonchev–Trinajstić information content (AvgIpc) is 2.48. The number of ether oxygens (including phenoxy) is 1. The van der Waals surface area contributed by atoms with E-state index >= 15 is 0 Å². The second kappa shape index (κ2) is 7.04. The maximum Gasteiger partial charge on any atom is 0.310 e. The molecule has 0 spiro atoms. The van der Waals surface area contributed by atoms with Crippen LogP contribution in [0.15, 0.2) is 53.0 Å². The lowest BCUT2D eigenvalue weighted by Crippen LogP contribution is -2.12. The standard InChI is InChI=1S/C16H14BrNO3/c1-2-15(19)21-14-5-3-4-13(10-14)18-16(20)11-6-8-12(17)9-7-11/h3-10H,2H2,1H3,(H,18,20). The van der Waals surface area contributed by atoms with Crippen LogP contribution in [0.4, 0.5) is 5.69 Å². The number of nitrogens with one attached hydrogen (secondary N) is 1. The molecule has 0 radical (unpaired) electrons. The van der Waals surface area contributed by atoms with E-state index in [2.05, 4.69) is 21.2 Å². The van der Waals surface area contributed by atoms with Gasteiger partial charge < -0.3 is 10.1 Å². The van der Waals surface area contributed by atoms with Crippen LogP contribution in [-0.2, 0) is 4.79 Å². The van der Waals surface area contributed by atoms with Crippen LogP contribution in [0.2, 0.25) is 0 Å². The third kappa shape index (κ3) is 4.43. The minimum atomic E-state index is -0.314. The van der Waals surface area contributed by atoms with E-state index in [9.17, 15) is 9.59 Å². The first-order valence-electron chi connectivity index (χ1n) is 6.46. The fourth-order valence-electron chi connectivity index (χ4n) is 1.65. The van der Waals surface area contributed by atoms with Crippen LogP contribution in [0.1, 0.15) is 23.7 Å². The molecule has 0 fully saturated rings. The Morgan fingerprint density at radius 2 is 1.86 bits per heavy atom. The summed E-state index contributed by atoms with van der Waals surface area (Å²) >= 11 is 3.32. The lowest BCUT2D eigenvalue weighted by atomic mass is 10.2. The van der Waals surface area contributed by atoms with Crippen molar-refractivity contribution in [2.45, 2.75) is 13.3 Å². The molecular formula is C16H14BrNO3. The van der Waals surface area contributed by atoms with Crippen molar-refractivity contribution in [3.05, 3.63) is 58.6 Å². The average molecular weight is 348 g/mol. The Morgan fingerprint density at radius 1 is 1.14 bits per heavy atom. The summed E-state index contributed by atoms with van der Waals surface area (Å²) in [6.07, 6.45) is 0.301. The van der Waals surface area contributed by atoms with Gasteiger partial charge in [-0.2, -0.15) is 0 Å². The Balaban J connectivity index is 2.08. The summed E-state index contributed by atoms with van der Waals surface area (Å²) in [6.45, 7) is 1.72. The third-order valence-electron chi connectivity index (χ3n) is 2.72. The van der Waals surface area contributed by atoms with Gasteiger partial charge in [-0.3, -0.25) is 9.59 Å². The first-order chi connectivity index (χ1) is 10.1. The topological polar surface area (TPSA) is 55.4 Å². The van der Waals surface area contributed by atoms with E-state index in [4.69, 9.17) is 4.74 Å². The van der Waals surface area contributed by atoms with Crippen LogP contribution < -0.4 is 10.1 Å². The van der Waals surface area contributed by atoms with Gasteiger partial charge in [-0.1, -0.05) is 28.9 Å². The maximum absolute atomic E-state index is 12.1. The van der Waals surface area contributed by atoms with Crippen LogP contribution in [0.3, 0.4) is 0 Å². The highest BCUT2D eigenvalue weighted by atomic mass is 79.9. The molecule has 0 aliphatic rings. The molecule has 0 atom stereocenters. The Kier molecular flexibility index (Phi) is 5.11. The monoisotopic (exact) mass is 347 g/mol. The highest BCUT2D eigenvalue weighted by Crippen LogP contribution is 2.19. The van der Waals surface area contributed by atoms with Crippen molar-refractivity contribution in [3.63, 3.8) is 0 Å². The number of carbonyl (C=O) groups excluding carboxylic acids is 2. The quantitative estimate of drug-likeness (QED) is 0.671. The molecule has 0 saturated carbocycles. The second-order valence-corrected chi connectivity index (χ2v) is 5.23. The first kappa shape index (κ1) is 15.3. The van der Waals surface area contributed by atoms with Crippen LogP contribution >= 0.6 is 15.9 Å². The zero-order valence-corrected chi connectivity index (χ0v) is 13.0. The summed E-state index contributed by atoms with van der Waals surface area (Å²) < 4.78 is 6.02. The van der Waals surface area contributed by atoms with E-state index in [1.807, 2.05) is 0 Å². The largest absolute Gasteiger partial charge is 0.426 e. The summed E-state index contributed by atoms with van der Waals surface area (Å²) in [7, 11) is 0. The normalized spacial score (nSPS) is 10.0. The van der Waals surface area contributed by atoms with Gasteiger partial charge in [0.2, 0.25) is 0 Å². The van der Waals surface area contributed by atoms with E-state index in [1.165, 1.54) is 0 Å². The highest BCUT2D eigenvalue weighted by Gasteiger charge is 2.07. The molecule has 2 aromatic rings. The molecule has 5 heteroatoms. The van der Waals surface area contributed by atoms with Gasteiger partial charge in [-0.25, -0.2) is 0 Å². The number of rotatable bonds is 4. The molecule has 4 nitrogen and oxygen atoms in total. The molecule has 1 amide bonds. The molecule has 21 heavy (non-hydrogen) atoms. The molecule has 0 bridgehead atoms. The molecule has 0 aliphatic heterocycles. The summed E-state index contributed by atoms with van der Waals surface area (Å²) in [5, 5.41) is 2.76. The van der Waals surface area contributed by atoms with Crippen molar-refractivity contribution in [2.24, 2.45) is 0 Å². The van der Waals surface area contributed by atoms with Gasteiger partial charge in [0.05, 0.1) is 0 Å². The Bertz CT molecular complexity index is 653. The zero-order valence-electron chi connectivity index (χ0n) is 11.4.